The average molecular weight is 210 g/mol. The third-order valence-electron chi connectivity index (χ3n) is 2.55. The van der Waals surface area contributed by atoms with Crippen LogP contribution in [0, 0.1) is 0 Å². The first-order valence-corrected chi connectivity index (χ1v) is 4.99. The van der Waals surface area contributed by atoms with Gasteiger partial charge in [-0.2, -0.15) is 5.10 Å². The molecule has 0 aromatic carbocycles. The van der Waals surface area contributed by atoms with Gasteiger partial charge in [0.15, 0.2) is 0 Å². The van der Waals surface area contributed by atoms with Crippen LogP contribution in [-0.2, 0) is 0 Å². The smallest absolute Gasteiger partial charge is 0.131 e. The van der Waals surface area contributed by atoms with Crippen LogP contribution < -0.4 is 5.73 Å². The Morgan fingerprint density at radius 1 is 1.12 bits per heavy atom. The van der Waals surface area contributed by atoms with E-state index in [-0.39, 0.29) is 0 Å². The first-order chi connectivity index (χ1) is 7.84. The van der Waals surface area contributed by atoms with E-state index in [1.54, 1.807) is 12.4 Å². The molecule has 0 fully saturated rings. The van der Waals surface area contributed by atoms with Crippen molar-refractivity contribution in [1.82, 2.24) is 14.6 Å². The summed E-state index contributed by atoms with van der Waals surface area (Å²) in [5, 5.41) is 4.15. The number of rotatable bonds is 1. The maximum Gasteiger partial charge on any atom is 0.131 e. The Balaban J connectivity index is 2.22. The summed E-state index contributed by atoms with van der Waals surface area (Å²) in [5.74, 6) is 0.548. The molecule has 0 aliphatic heterocycles. The van der Waals surface area contributed by atoms with Gasteiger partial charge in [-0.05, 0) is 35.9 Å². The summed E-state index contributed by atoms with van der Waals surface area (Å²) in [4.78, 5) is 4.08. The second-order valence-corrected chi connectivity index (χ2v) is 3.55. The van der Waals surface area contributed by atoms with Crippen molar-refractivity contribution in [3.63, 3.8) is 0 Å². The molecule has 3 aromatic rings. The van der Waals surface area contributed by atoms with Crippen LogP contribution in [0.4, 0.5) is 5.82 Å². The number of hydrogen-bond donors (Lipinski definition) is 1. The van der Waals surface area contributed by atoms with E-state index in [1.807, 2.05) is 41.0 Å². The number of fused-ring (bicyclic) bond motifs is 1. The maximum absolute atomic E-state index is 5.84. The van der Waals surface area contributed by atoms with Crippen LogP contribution in [0.15, 0.2) is 48.9 Å². The lowest BCUT2D eigenvalue weighted by Crippen LogP contribution is -1.94. The van der Waals surface area contributed by atoms with E-state index in [0.717, 1.165) is 16.6 Å². The molecule has 0 atom stereocenters. The molecule has 0 saturated carbocycles. The quantitative estimate of drug-likeness (QED) is 0.668. The summed E-state index contributed by atoms with van der Waals surface area (Å²) in [6.07, 6.45) is 5.37. The summed E-state index contributed by atoms with van der Waals surface area (Å²) in [7, 11) is 0. The van der Waals surface area contributed by atoms with Crippen LogP contribution >= 0.6 is 0 Å². The molecule has 0 unspecified atom stereocenters. The van der Waals surface area contributed by atoms with Crippen molar-refractivity contribution in [3.05, 3.63) is 48.9 Å². The predicted octanol–water partition coefficient (Wildman–Crippen LogP) is 1.98. The summed E-state index contributed by atoms with van der Waals surface area (Å²) in [5.41, 5.74) is 8.89. The lowest BCUT2D eigenvalue weighted by molar-refractivity contribution is 0.962. The molecule has 2 N–H and O–H groups in total. The molecule has 0 aliphatic rings. The topological polar surface area (TPSA) is 56.2 Å². The summed E-state index contributed by atoms with van der Waals surface area (Å²) >= 11 is 0. The fourth-order valence-electron chi connectivity index (χ4n) is 1.75. The molecule has 0 bridgehead atoms. The molecule has 3 heterocycles. The number of hydrogen-bond acceptors (Lipinski definition) is 3. The monoisotopic (exact) mass is 210 g/mol. The molecule has 4 heteroatoms. The molecule has 0 amide bonds. The highest BCUT2D eigenvalue weighted by molar-refractivity contribution is 5.76. The van der Waals surface area contributed by atoms with Gasteiger partial charge < -0.3 is 5.73 Å². The molecule has 78 valence electrons. The van der Waals surface area contributed by atoms with Gasteiger partial charge in [-0.3, -0.25) is 0 Å². The highest BCUT2D eigenvalue weighted by atomic mass is 15.2. The van der Waals surface area contributed by atoms with E-state index >= 15 is 0 Å². The average Bonchev–Trinajstić information content (AvgIpc) is 2.76. The van der Waals surface area contributed by atoms with E-state index in [0.29, 0.717) is 5.82 Å². The number of nitrogen functional groups attached to an aromatic ring is 1. The van der Waals surface area contributed by atoms with Crippen molar-refractivity contribution < 1.29 is 0 Å². The maximum atomic E-state index is 5.84. The molecule has 0 spiro atoms. The SMILES string of the molecule is Nc1ncccc1-c1ccn2nccc2c1. The molecule has 3 aromatic heterocycles. The number of aromatic nitrogens is 3. The van der Waals surface area contributed by atoms with Gasteiger partial charge in [0.05, 0.1) is 5.52 Å². The first kappa shape index (κ1) is 8.91. The standard InChI is InChI=1S/C12H10N4/c13-12-11(2-1-5-14-12)9-4-7-16-10(8-9)3-6-15-16/h1-8H,(H2,13,14). The molecular weight excluding hydrogens is 200 g/mol. The van der Waals surface area contributed by atoms with Gasteiger partial charge in [-0.1, -0.05) is 0 Å². The Labute approximate surface area is 92.4 Å². The summed E-state index contributed by atoms with van der Waals surface area (Å²) in [6, 6.07) is 9.82. The van der Waals surface area contributed by atoms with Gasteiger partial charge in [-0.15, -0.1) is 0 Å². The van der Waals surface area contributed by atoms with E-state index in [2.05, 4.69) is 10.1 Å². The number of pyridine rings is 2. The largest absolute Gasteiger partial charge is 0.383 e. The highest BCUT2D eigenvalue weighted by Gasteiger charge is 2.03. The fraction of sp³-hybridized carbons (Fsp3) is 0. The van der Waals surface area contributed by atoms with Crippen molar-refractivity contribution >= 4 is 11.3 Å². The number of nitrogens with zero attached hydrogens (tertiary/aromatic N) is 3. The molecule has 3 rings (SSSR count). The lowest BCUT2D eigenvalue weighted by atomic mass is 10.1. The minimum atomic E-state index is 0.548. The van der Waals surface area contributed by atoms with Crippen molar-refractivity contribution in [3.8, 4) is 11.1 Å². The van der Waals surface area contributed by atoms with Gasteiger partial charge in [0.1, 0.15) is 5.82 Å². The second kappa shape index (κ2) is 3.34. The molecule has 4 nitrogen and oxygen atoms in total. The predicted molar refractivity (Wildman–Crippen MR) is 62.8 cm³/mol. The Bertz CT molecular complexity index is 642. The Kier molecular flexibility index (Phi) is 1.86. The zero-order chi connectivity index (χ0) is 11.0. The summed E-state index contributed by atoms with van der Waals surface area (Å²) < 4.78 is 1.82. The number of nitrogens with two attached hydrogens (primary N) is 1. The Hall–Kier alpha value is -2.36. The van der Waals surface area contributed by atoms with Gasteiger partial charge in [0.2, 0.25) is 0 Å². The van der Waals surface area contributed by atoms with Crippen molar-refractivity contribution in [1.29, 1.82) is 0 Å². The summed E-state index contributed by atoms with van der Waals surface area (Å²) in [6.45, 7) is 0. The molecule has 0 saturated heterocycles. The van der Waals surface area contributed by atoms with Gasteiger partial charge in [0.25, 0.3) is 0 Å². The number of anilines is 1. The van der Waals surface area contributed by atoms with Crippen LogP contribution in [0.2, 0.25) is 0 Å². The molecule has 0 radical (unpaired) electrons. The van der Waals surface area contributed by atoms with Crippen molar-refractivity contribution in [2.24, 2.45) is 0 Å². The van der Waals surface area contributed by atoms with Gasteiger partial charge in [0, 0.05) is 24.2 Å². The van der Waals surface area contributed by atoms with Crippen molar-refractivity contribution in [2.45, 2.75) is 0 Å². The van der Waals surface area contributed by atoms with E-state index in [4.69, 9.17) is 5.73 Å². The van der Waals surface area contributed by atoms with Gasteiger partial charge in [-0.25, -0.2) is 9.50 Å². The third-order valence-corrected chi connectivity index (χ3v) is 2.55. The first-order valence-electron chi connectivity index (χ1n) is 4.99. The van der Waals surface area contributed by atoms with E-state index < -0.39 is 0 Å². The fourth-order valence-corrected chi connectivity index (χ4v) is 1.75. The third kappa shape index (κ3) is 1.32. The highest BCUT2D eigenvalue weighted by Crippen LogP contribution is 2.24. The van der Waals surface area contributed by atoms with Gasteiger partial charge >= 0.3 is 0 Å². The molecular formula is C12H10N4. The minimum absolute atomic E-state index is 0.548. The lowest BCUT2D eigenvalue weighted by Gasteiger charge is -2.04. The molecule has 0 aliphatic carbocycles. The second-order valence-electron chi connectivity index (χ2n) is 3.55. The van der Waals surface area contributed by atoms with Crippen LogP contribution in [-0.4, -0.2) is 14.6 Å². The Morgan fingerprint density at radius 2 is 2.06 bits per heavy atom. The Morgan fingerprint density at radius 3 is 2.94 bits per heavy atom. The van der Waals surface area contributed by atoms with Crippen LogP contribution in [0.1, 0.15) is 0 Å². The van der Waals surface area contributed by atoms with Crippen molar-refractivity contribution in [2.75, 3.05) is 5.73 Å². The van der Waals surface area contributed by atoms with Crippen LogP contribution in [0.25, 0.3) is 16.6 Å². The van der Waals surface area contributed by atoms with E-state index in [1.165, 1.54) is 0 Å². The normalized spacial score (nSPS) is 10.8. The minimum Gasteiger partial charge on any atom is -0.383 e. The zero-order valence-electron chi connectivity index (χ0n) is 8.54. The molecule has 16 heavy (non-hydrogen) atoms. The zero-order valence-corrected chi connectivity index (χ0v) is 8.54. The van der Waals surface area contributed by atoms with E-state index in [9.17, 15) is 0 Å². The van der Waals surface area contributed by atoms with Crippen LogP contribution in [0.3, 0.4) is 0 Å². The van der Waals surface area contributed by atoms with Crippen LogP contribution in [0.5, 0.6) is 0 Å².